The molecule has 0 radical (unpaired) electrons. The van der Waals surface area contributed by atoms with Gasteiger partial charge in [-0.15, -0.1) is 11.8 Å². The van der Waals surface area contributed by atoms with Gasteiger partial charge in [-0.2, -0.15) is 5.10 Å². The minimum atomic E-state index is -1.96. The third-order valence-corrected chi connectivity index (χ3v) is 26.7. The van der Waals surface area contributed by atoms with E-state index in [4.69, 9.17) is 27.0 Å². The Kier molecular flexibility index (Phi) is 44.6. The molecule has 0 bridgehead atoms. The number of carbonyl (C=O) groups is 18. The summed E-state index contributed by atoms with van der Waals surface area (Å²) >= 11 is 0.810. The average molecular weight is 2100 g/mol. The second-order valence-electron chi connectivity index (χ2n) is 38.5. The third-order valence-electron chi connectivity index (χ3n) is 25.7. The number of para-hydroxylation sites is 1. The van der Waals surface area contributed by atoms with Crippen molar-refractivity contribution in [2.75, 3.05) is 109 Å². The summed E-state index contributed by atoms with van der Waals surface area (Å²) in [5, 5.41) is 90.9. The fraction of sp³-hybridized carbons (Fsp3) is 0.500. The fourth-order valence-corrected chi connectivity index (χ4v) is 18.7. The molecule has 0 unspecified atom stereocenters. The SMILES string of the molecule is CC(C)C[C@@H]1NC(=O)[C@H](CCCNC(=N)N)NC(=O)[C@H](C(C)C)NC(=O)[C@@H]2CCCN2C(=O)[C@H](C(C)C)NC(=O)[C@@H](CCCNC(=N)NCCCO)NC(=O)[C@H](CC(=O)O)NC(=O)[C@@H]2CCCN2C(=O)CN(C)C(=O)[C@H](Cc2ccc(-c3ccc(NC(=O)c4nn(CC(=O)O)c5ccccc45)cc3)cc2)NC(=O)[C@H](Cc2ccc(-c3ccccc3)cc2)NC(=O)[C@H](CN2CCOCC2)NC(=O)CSC[C@@H](C(=O)NCC(N)=O)NC1=O. The number of fused-ring (bicyclic) bond motifs is 3. The topological polar surface area (TPSA) is 688 Å². The molecule has 5 heterocycles. The number of aliphatic hydroxyl groups excluding tert-OH is 1. The molecular formula is C102H139N25O22S. The van der Waals surface area contributed by atoms with Crippen LogP contribution >= 0.6 is 11.8 Å². The molecule has 4 saturated heterocycles. The summed E-state index contributed by atoms with van der Waals surface area (Å²) in [4.78, 5) is 266. The van der Waals surface area contributed by atoms with Gasteiger partial charge in [0.2, 0.25) is 88.6 Å². The first-order chi connectivity index (χ1) is 71.6. The van der Waals surface area contributed by atoms with Crippen molar-refractivity contribution < 1.29 is 106 Å². The molecule has 4 aliphatic heterocycles. The highest BCUT2D eigenvalue weighted by atomic mass is 32.2. The van der Waals surface area contributed by atoms with E-state index in [-0.39, 0.29) is 160 Å². The molecule has 24 N–H and O–H groups in total. The molecule has 0 aliphatic carbocycles. The van der Waals surface area contributed by atoms with Crippen LogP contribution in [0.2, 0.25) is 0 Å². The van der Waals surface area contributed by atoms with Gasteiger partial charge in [0.1, 0.15) is 79.0 Å². The second-order valence-corrected chi connectivity index (χ2v) is 39.6. The van der Waals surface area contributed by atoms with Gasteiger partial charge in [0.25, 0.3) is 5.91 Å². The summed E-state index contributed by atoms with van der Waals surface area (Å²) in [7, 11) is 1.28. The molecule has 5 aromatic carbocycles. The lowest BCUT2D eigenvalue weighted by Crippen LogP contribution is -2.61. The minimum absolute atomic E-state index is 0.00421. The number of hydrogen-bond acceptors (Lipinski definition) is 25. The van der Waals surface area contributed by atoms with Gasteiger partial charge in [-0.1, -0.05) is 151 Å². The van der Waals surface area contributed by atoms with Crippen LogP contribution in [0.4, 0.5) is 5.69 Å². The van der Waals surface area contributed by atoms with E-state index in [2.05, 4.69) is 84.9 Å². The number of aromatic nitrogens is 2. The number of ether oxygens (including phenoxy) is 1. The summed E-state index contributed by atoms with van der Waals surface area (Å²) in [5.74, 6) is -20.4. The number of carbonyl (C=O) groups excluding carboxylic acids is 16. The number of benzene rings is 5. The molecule has 1 aromatic heterocycles. The van der Waals surface area contributed by atoms with Crippen LogP contribution in [-0.4, -0.2) is 339 Å². The molecular weight excluding hydrogens is 1960 g/mol. The first kappa shape index (κ1) is 117. The molecule has 810 valence electrons. The molecule has 4 fully saturated rings. The number of hydrogen-bond donors (Lipinski definition) is 22. The van der Waals surface area contributed by atoms with Crippen molar-refractivity contribution >= 4 is 147 Å². The Bertz CT molecular complexity index is 5770. The number of aliphatic carboxylic acids is 2. The van der Waals surface area contributed by atoms with Gasteiger partial charge in [-0.05, 0) is 134 Å². The van der Waals surface area contributed by atoms with Crippen LogP contribution < -0.4 is 91.2 Å². The summed E-state index contributed by atoms with van der Waals surface area (Å²) < 4.78 is 6.88. The van der Waals surface area contributed by atoms with E-state index in [1.165, 1.54) is 16.6 Å². The van der Waals surface area contributed by atoms with Crippen molar-refractivity contribution in [3.8, 4) is 22.3 Å². The van der Waals surface area contributed by atoms with Crippen LogP contribution in [0.1, 0.15) is 134 Å². The monoisotopic (exact) mass is 2100 g/mol. The molecule has 12 atom stereocenters. The number of carboxylic acid groups (broad SMARTS) is 2. The number of morpholine rings is 1. The van der Waals surface area contributed by atoms with E-state index >= 15 is 28.8 Å². The highest BCUT2D eigenvalue weighted by molar-refractivity contribution is 8.00. The van der Waals surface area contributed by atoms with Gasteiger partial charge in [0, 0.05) is 95.7 Å². The Labute approximate surface area is 872 Å². The molecule has 10 rings (SSSR count). The highest BCUT2D eigenvalue weighted by Crippen LogP contribution is 2.29. The van der Waals surface area contributed by atoms with Crippen LogP contribution in [0.15, 0.2) is 127 Å². The Morgan fingerprint density at radius 2 is 1.01 bits per heavy atom. The summed E-state index contributed by atoms with van der Waals surface area (Å²) in [6, 6.07) is 18.3. The molecule has 47 nitrogen and oxygen atoms in total. The van der Waals surface area contributed by atoms with Gasteiger partial charge < -0.3 is 126 Å². The van der Waals surface area contributed by atoms with Gasteiger partial charge in [0.05, 0.1) is 44.0 Å². The standard InChI is InChI=1S/C102H139N25O22S/c1-58(2)48-71-91(139)119-76(88(136)110-52-80(103)129)56-150-57-81(130)112-75(53-124-43-46-149-47-44-124)94(142)116-72(49-61-26-30-64(31-27-61)63-18-9-8-10-19-63)92(140)118-74(50-62-28-32-65(33-29-62)66-34-36-67(37-35-66)111-98(146)87-68-20-11-12-23-77(68)127(122-87)55-84(134)135)99(147)123(7)54-82(131)125-41-15-24-78(125)95(143)117-73(51-83(132)133)93(141)113-70(22-14-39-108-102(106)109-40-17-45-128)90(138)121-86(60(5)6)100(148)126-42-16-25-79(126)96(144)120-85(59(3)4)97(145)114-69(89(137)115-71)21-13-38-107-101(104)105/h8-12,18-20,23,26-37,58-60,69-76,78-79,85-86,128H,13-17,21-22,24-25,38-57H2,1-7H3,(H2,103,129)(H,110,136)(H,111,146)(H,112,130)(H,113,141)(H,114,145)(H,115,137)(H,116,142)(H,117,143)(H,118,140)(H,119,139)(H,120,144)(H,121,138)(H,132,133)(H,134,135)(H4,104,105,107)(H3,106,108,109)/t69-,70+,71-,72-,73-,74-,75-,76-,78-,79-,85-,86-/m0/s1. The zero-order valence-corrected chi connectivity index (χ0v) is 86.0. The lowest BCUT2D eigenvalue weighted by Gasteiger charge is -2.33. The maximum atomic E-state index is 15.9. The maximum Gasteiger partial charge on any atom is 0.325 e. The van der Waals surface area contributed by atoms with E-state index < -0.39 is 234 Å². The molecule has 6 aromatic rings. The quantitative estimate of drug-likeness (QED) is 0.0134. The van der Waals surface area contributed by atoms with Crippen LogP contribution in [0.25, 0.3) is 33.2 Å². The van der Waals surface area contributed by atoms with E-state index in [0.717, 1.165) is 32.7 Å². The number of guanidine groups is 2. The predicted molar refractivity (Wildman–Crippen MR) is 555 cm³/mol. The number of nitrogens with zero attached hydrogens (tertiary/aromatic N) is 6. The van der Waals surface area contributed by atoms with Crippen molar-refractivity contribution in [3.63, 3.8) is 0 Å². The van der Waals surface area contributed by atoms with Crippen molar-refractivity contribution in [1.29, 1.82) is 10.8 Å². The number of likely N-dealkylation sites (N-methyl/N-ethyl adjacent to an activating group) is 1. The number of nitrogens with two attached hydrogens (primary N) is 2. The van der Waals surface area contributed by atoms with Crippen LogP contribution in [0.3, 0.4) is 0 Å². The Balaban J connectivity index is 1.01. The number of anilines is 1. The molecule has 4 aliphatic rings. The van der Waals surface area contributed by atoms with Crippen molar-refractivity contribution in [3.05, 3.63) is 144 Å². The smallest absolute Gasteiger partial charge is 0.325 e. The number of carboxylic acids is 2. The van der Waals surface area contributed by atoms with E-state index in [1.54, 1.807) is 126 Å². The van der Waals surface area contributed by atoms with Crippen molar-refractivity contribution in [2.24, 2.45) is 29.2 Å². The number of primary amides is 1. The first-order valence-corrected chi connectivity index (χ1v) is 51.4. The first-order valence-electron chi connectivity index (χ1n) is 50.2. The number of thioether (sulfide) groups is 1. The summed E-state index contributed by atoms with van der Waals surface area (Å²) in [5.41, 5.74) is 15.8. The molecule has 0 spiro atoms. The normalized spacial score (nSPS) is 22.2. The minimum Gasteiger partial charge on any atom is -0.481 e. The van der Waals surface area contributed by atoms with Gasteiger partial charge >= 0.3 is 11.9 Å². The maximum absolute atomic E-state index is 15.9. The Morgan fingerprint density at radius 3 is 1.61 bits per heavy atom. The molecule has 16 amide bonds. The Morgan fingerprint density at radius 1 is 0.513 bits per heavy atom. The lowest BCUT2D eigenvalue weighted by atomic mass is 9.98. The zero-order chi connectivity index (χ0) is 109. The number of amides is 16. The van der Waals surface area contributed by atoms with E-state index in [9.17, 15) is 72.9 Å². The van der Waals surface area contributed by atoms with Gasteiger partial charge in [-0.3, -0.25) is 107 Å². The summed E-state index contributed by atoms with van der Waals surface area (Å²) in [6.45, 7) is 8.68. The van der Waals surface area contributed by atoms with Crippen molar-refractivity contribution in [1.82, 2.24) is 104 Å². The molecule has 48 heteroatoms. The number of nitrogens with one attached hydrogen (secondary N) is 17. The van der Waals surface area contributed by atoms with E-state index in [1.807, 2.05) is 47.4 Å². The van der Waals surface area contributed by atoms with Crippen LogP contribution in [0, 0.1) is 28.6 Å². The summed E-state index contributed by atoms with van der Waals surface area (Å²) in [6.07, 6.45) is -1.35. The average Bonchev–Trinajstić information content (AvgIpc) is 1.63. The number of aliphatic hydroxyl groups is 1. The van der Waals surface area contributed by atoms with E-state index in [0.29, 0.717) is 45.3 Å². The highest BCUT2D eigenvalue weighted by Gasteiger charge is 2.45. The number of rotatable bonds is 32. The zero-order valence-electron chi connectivity index (χ0n) is 85.1. The Hall–Kier alpha value is -15.2. The third kappa shape index (κ3) is 35.3. The van der Waals surface area contributed by atoms with Crippen LogP contribution in [0.5, 0.6) is 0 Å². The second kappa shape index (κ2) is 57.4. The van der Waals surface area contributed by atoms with Crippen molar-refractivity contribution in [2.45, 2.75) is 204 Å². The van der Waals surface area contributed by atoms with Crippen LogP contribution in [-0.2, 0) is 106 Å². The van der Waals surface area contributed by atoms with Gasteiger partial charge in [-0.25, -0.2) is 0 Å². The molecule has 0 saturated carbocycles. The fourth-order valence-electron chi connectivity index (χ4n) is 17.8. The lowest BCUT2D eigenvalue weighted by molar-refractivity contribution is -0.145. The molecule has 150 heavy (non-hydrogen) atoms. The van der Waals surface area contributed by atoms with Gasteiger partial charge in [0.15, 0.2) is 17.6 Å². The largest absolute Gasteiger partial charge is 0.481 e. The predicted octanol–water partition coefficient (Wildman–Crippen LogP) is -1.17.